The van der Waals surface area contributed by atoms with Crippen LogP contribution in [0.5, 0.6) is 0 Å². The Labute approximate surface area is 65.8 Å². The van der Waals surface area contributed by atoms with Gasteiger partial charge >= 0.3 is 5.97 Å². The quantitative estimate of drug-likeness (QED) is 0.529. The van der Waals surface area contributed by atoms with Crippen LogP contribution in [0, 0.1) is 0 Å². The van der Waals surface area contributed by atoms with E-state index in [0.29, 0.717) is 12.8 Å². The molecule has 0 bridgehead atoms. The van der Waals surface area contributed by atoms with Crippen molar-refractivity contribution in [1.82, 2.24) is 0 Å². The molecule has 0 spiro atoms. The Morgan fingerprint density at radius 1 is 1.27 bits per heavy atom. The van der Waals surface area contributed by atoms with Crippen molar-refractivity contribution in [3.8, 4) is 0 Å². The summed E-state index contributed by atoms with van der Waals surface area (Å²) in [7, 11) is 0. The SMILES string of the molecule is NOC(=O)C1(N)CCCCC1. The van der Waals surface area contributed by atoms with Crippen molar-refractivity contribution in [2.45, 2.75) is 37.6 Å². The second kappa shape index (κ2) is 3.19. The summed E-state index contributed by atoms with van der Waals surface area (Å²) in [4.78, 5) is 15.1. The minimum Gasteiger partial charge on any atom is -0.372 e. The predicted molar refractivity (Wildman–Crippen MR) is 40.3 cm³/mol. The molecule has 1 saturated carbocycles. The van der Waals surface area contributed by atoms with E-state index >= 15 is 0 Å². The number of carbonyl (C=O) groups excluding carboxylic acids is 1. The van der Waals surface area contributed by atoms with Crippen LogP contribution in [0.2, 0.25) is 0 Å². The molecule has 0 aromatic rings. The summed E-state index contributed by atoms with van der Waals surface area (Å²) in [5.74, 6) is 4.28. The van der Waals surface area contributed by atoms with Gasteiger partial charge < -0.3 is 10.6 Å². The molecular weight excluding hydrogens is 144 g/mol. The first-order valence-corrected chi connectivity index (χ1v) is 3.89. The third-order valence-corrected chi connectivity index (χ3v) is 2.26. The van der Waals surface area contributed by atoms with E-state index in [0.717, 1.165) is 19.3 Å². The highest BCUT2D eigenvalue weighted by Gasteiger charge is 2.36. The Morgan fingerprint density at radius 2 is 1.82 bits per heavy atom. The van der Waals surface area contributed by atoms with E-state index in [1.807, 2.05) is 0 Å². The van der Waals surface area contributed by atoms with Crippen LogP contribution in [0.15, 0.2) is 0 Å². The lowest BCUT2D eigenvalue weighted by Gasteiger charge is -2.29. The van der Waals surface area contributed by atoms with E-state index < -0.39 is 11.5 Å². The Morgan fingerprint density at radius 3 is 2.27 bits per heavy atom. The van der Waals surface area contributed by atoms with Crippen molar-refractivity contribution in [3.05, 3.63) is 0 Å². The van der Waals surface area contributed by atoms with Gasteiger partial charge in [0.2, 0.25) is 0 Å². The monoisotopic (exact) mass is 158 g/mol. The summed E-state index contributed by atoms with van der Waals surface area (Å²) in [5.41, 5.74) is 4.96. The molecule has 4 nitrogen and oxygen atoms in total. The van der Waals surface area contributed by atoms with Gasteiger partial charge in [-0.1, -0.05) is 19.3 Å². The average molecular weight is 158 g/mol. The topological polar surface area (TPSA) is 78.3 Å². The van der Waals surface area contributed by atoms with Gasteiger partial charge in [-0.25, -0.2) is 4.79 Å². The highest BCUT2D eigenvalue weighted by molar-refractivity contribution is 5.80. The second-order valence-electron chi connectivity index (χ2n) is 3.12. The maximum absolute atomic E-state index is 11.0. The second-order valence-corrected chi connectivity index (χ2v) is 3.12. The van der Waals surface area contributed by atoms with Crippen LogP contribution in [-0.4, -0.2) is 11.5 Å². The van der Waals surface area contributed by atoms with Gasteiger partial charge in [0.15, 0.2) is 0 Å². The van der Waals surface area contributed by atoms with Gasteiger partial charge in [-0.15, -0.1) is 0 Å². The standard InChI is InChI=1S/C7H14N2O2/c8-7(6(10)11-9)4-2-1-3-5-7/h1-5,8-9H2. The van der Waals surface area contributed by atoms with Gasteiger partial charge in [0.1, 0.15) is 5.54 Å². The summed E-state index contributed by atoms with van der Waals surface area (Å²) >= 11 is 0. The van der Waals surface area contributed by atoms with Gasteiger partial charge in [-0.2, -0.15) is 5.90 Å². The first-order chi connectivity index (χ1) is 5.19. The van der Waals surface area contributed by atoms with Gasteiger partial charge in [0.25, 0.3) is 0 Å². The van der Waals surface area contributed by atoms with Crippen molar-refractivity contribution in [1.29, 1.82) is 0 Å². The third-order valence-electron chi connectivity index (χ3n) is 2.26. The molecule has 1 fully saturated rings. The molecule has 0 radical (unpaired) electrons. The van der Waals surface area contributed by atoms with Crippen LogP contribution >= 0.6 is 0 Å². The molecule has 0 heterocycles. The Hall–Kier alpha value is -0.610. The lowest BCUT2D eigenvalue weighted by molar-refractivity contribution is -0.152. The van der Waals surface area contributed by atoms with Crippen molar-refractivity contribution in [2.24, 2.45) is 11.6 Å². The molecule has 0 aromatic carbocycles. The summed E-state index contributed by atoms with van der Waals surface area (Å²) in [6.45, 7) is 0. The smallest absolute Gasteiger partial charge is 0.344 e. The van der Waals surface area contributed by atoms with Crippen molar-refractivity contribution in [3.63, 3.8) is 0 Å². The minimum atomic E-state index is -0.799. The molecule has 0 atom stereocenters. The number of hydrogen-bond donors (Lipinski definition) is 2. The van der Waals surface area contributed by atoms with E-state index in [-0.39, 0.29) is 0 Å². The zero-order chi connectivity index (χ0) is 8.32. The van der Waals surface area contributed by atoms with Gasteiger partial charge in [0.05, 0.1) is 0 Å². The number of carbonyl (C=O) groups is 1. The van der Waals surface area contributed by atoms with Crippen LogP contribution < -0.4 is 11.6 Å². The molecule has 64 valence electrons. The molecular formula is C7H14N2O2. The fourth-order valence-corrected chi connectivity index (χ4v) is 1.50. The number of hydrogen-bond acceptors (Lipinski definition) is 4. The number of nitrogens with two attached hydrogens (primary N) is 2. The van der Waals surface area contributed by atoms with E-state index in [1.54, 1.807) is 0 Å². The van der Waals surface area contributed by atoms with Gasteiger partial charge in [-0.05, 0) is 12.8 Å². The molecule has 4 N–H and O–H groups in total. The molecule has 4 heteroatoms. The van der Waals surface area contributed by atoms with E-state index in [1.165, 1.54) is 0 Å². The van der Waals surface area contributed by atoms with Crippen molar-refractivity contribution in [2.75, 3.05) is 0 Å². The number of rotatable bonds is 1. The summed E-state index contributed by atoms with van der Waals surface area (Å²) < 4.78 is 0. The molecule has 11 heavy (non-hydrogen) atoms. The summed E-state index contributed by atoms with van der Waals surface area (Å²) in [6.07, 6.45) is 4.53. The van der Waals surface area contributed by atoms with E-state index in [2.05, 4.69) is 4.84 Å². The van der Waals surface area contributed by atoms with Crippen LogP contribution in [0.4, 0.5) is 0 Å². The maximum atomic E-state index is 11.0. The average Bonchev–Trinajstić information content (AvgIpc) is 2.04. The molecule has 0 unspecified atom stereocenters. The first-order valence-electron chi connectivity index (χ1n) is 3.89. The zero-order valence-electron chi connectivity index (χ0n) is 6.51. The summed E-state index contributed by atoms with van der Waals surface area (Å²) in [5, 5.41) is 0. The molecule has 1 rings (SSSR count). The summed E-state index contributed by atoms with van der Waals surface area (Å²) in [6, 6.07) is 0. The first kappa shape index (κ1) is 8.49. The predicted octanol–water partition coefficient (Wildman–Crippen LogP) is 0.0649. The fraction of sp³-hybridized carbons (Fsp3) is 0.857. The maximum Gasteiger partial charge on any atom is 0.344 e. The normalized spacial score (nSPS) is 22.7. The molecule has 1 aliphatic rings. The lowest BCUT2D eigenvalue weighted by atomic mass is 9.83. The van der Waals surface area contributed by atoms with Crippen LogP contribution in [0.1, 0.15) is 32.1 Å². The Balaban J connectivity index is 2.56. The van der Waals surface area contributed by atoms with Crippen LogP contribution in [-0.2, 0) is 9.63 Å². The van der Waals surface area contributed by atoms with Crippen LogP contribution in [0.25, 0.3) is 0 Å². The molecule has 0 aliphatic heterocycles. The Bertz CT molecular complexity index is 153. The lowest BCUT2D eigenvalue weighted by Crippen LogP contribution is -2.51. The highest BCUT2D eigenvalue weighted by Crippen LogP contribution is 2.26. The minimum absolute atomic E-state index is 0.475. The third kappa shape index (κ3) is 1.70. The van der Waals surface area contributed by atoms with E-state index in [9.17, 15) is 4.79 Å². The zero-order valence-corrected chi connectivity index (χ0v) is 6.51. The van der Waals surface area contributed by atoms with Gasteiger partial charge in [-0.3, -0.25) is 0 Å². The fourth-order valence-electron chi connectivity index (χ4n) is 1.50. The van der Waals surface area contributed by atoms with E-state index in [4.69, 9.17) is 11.6 Å². The molecule has 0 amide bonds. The highest BCUT2D eigenvalue weighted by atomic mass is 16.7. The van der Waals surface area contributed by atoms with Gasteiger partial charge in [0, 0.05) is 0 Å². The molecule has 0 aromatic heterocycles. The molecule has 1 aliphatic carbocycles. The van der Waals surface area contributed by atoms with Crippen LogP contribution in [0.3, 0.4) is 0 Å². The van der Waals surface area contributed by atoms with Crippen molar-refractivity contribution < 1.29 is 9.63 Å². The van der Waals surface area contributed by atoms with Crippen molar-refractivity contribution >= 4 is 5.97 Å². The Kier molecular flexibility index (Phi) is 2.46. The molecule has 0 saturated heterocycles. The largest absolute Gasteiger partial charge is 0.372 e.